The Morgan fingerprint density at radius 2 is 1.83 bits per heavy atom. The Balaban J connectivity index is 1.62. The molecule has 3 rings (SSSR count). The van der Waals surface area contributed by atoms with Crippen molar-refractivity contribution >= 4 is 11.6 Å². The molecule has 0 radical (unpaired) electrons. The van der Waals surface area contributed by atoms with Crippen molar-refractivity contribution in [2.45, 2.75) is 26.8 Å². The minimum atomic E-state index is -0.0405. The summed E-state index contributed by atoms with van der Waals surface area (Å²) in [5, 5.41) is 16.3. The third-order valence-corrected chi connectivity index (χ3v) is 4.90. The zero-order valence-electron chi connectivity index (χ0n) is 17.1. The van der Waals surface area contributed by atoms with Gasteiger partial charge in [0.05, 0.1) is 42.2 Å². The summed E-state index contributed by atoms with van der Waals surface area (Å²) in [4.78, 5) is 13.5. The molecule has 1 unspecified atom stereocenters. The fourth-order valence-corrected chi connectivity index (χ4v) is 3.39. The van der Waals surface area contributed by atoms with E-state index in [4.69, 9.17) is 5.26 Å². The number of hydrogen-bond donors (Lipinski definition) is 2. The largest absolute Gasteiger partial charge is 0.326 e. The Kier molecular flexibility index (Phi) is 6.43. The van der Waals surface area contributed by atoms with Crippen LogP contribution in [0.4, 0.5) is 5.69 Å². The summed E-state index contributed by atoms with van der Waals surface area (Å²) in [6.07, 6.45) is 0.372. The zero-order chi connectivity index (χ0) is 20.8. The molecule has 3 aromatic rings. The van der Waals surface area contributed by atoms with Crippen LogP contribution in [0.2, 0.25) is 0 Å². The van der Waals surface area contributed by atoms with Gasteiger partial charge in [-0.3, -0.25) is 4.79 Å². The predicted octanol–water partition coefficient (Wildman–Crippen LogP) is 2.21. The van der Waals surface area contributed by atoms with Crippen LogP contribution in [0.3, 0.4) is 0 Å². The van der Waals surface area contributed by atoms with Crippen molar-refractivity contribution in [3.63, 3.8) is 0 Å². The number of nitriles is 1. The molecule has 0 aliphatic rings. The van der Waals surface area contributed by atoms with Crippen molar-refractivity contribution in [3.8, 4) is 11.8 Å². The first-order valence-corrected chi connectivity index (χ1v) is 9.65. The van der Waals surface area contributed by atoms with E-state index < -0.39 is 0 Å². The number of aromatic nitrogens is 2. The number of anilines is 1. The molecule has 1 heterocycles. The number of hydrogen-bond acceptors (Lipinski definition) is 3. The lowest BCUT2D eigenvalue weighted by atomic mass is 10.1. The quantitative estimate of drug-likeness (QED) is 0.652. The molecular formula is C23H26N5O+. The topological polar surface area (TPSA) is 75.2 Å². The van der Waals surface area contributed by atoms with Gasteiger partial charge < -0.3 is 10.2 Å². The van der Waals surface area contributed by atoms with Gasteiger partial charge in [-0.15, -0.1) is 0 Å². The van der Waals surface area contributed by atoms with Gasteiger partial charge in [0.25, 0.3) is 5.91 Å². The van der Waals surface area contributed by atoms with E-state index in [-0.39, 0.29) is 5.91 Å². The number of benzene rings is 2. The van der Waals surface area contributed by atoms with Gasteiger partial charge in [0, 0.05) is 5.69 Å². The maximum atomic E-state index is 12.4. The van der Waals surface area contributed by atoms with Crippen LogP contribution in [0.1, 0.15) is 22.5 Å². The number of carbonyl (C=O) groups excluding carboxylic acids is 1. The molecule has 1 amide bonds. The Hall–Kier alpha value is -3.43. The second kappa shape index (κ2) is 9.18. The maximum Gasteiger partial charge on any atom is 0.279 e. The first-order valence-electron chi connectivity index (χ1n) is 9.65. The molecule has 0 spiro atoms. The molecule has 0 saturated carbocycles. The Bertz CT molecular complexity index is 1020. The summed E-state index contributed by atoms with van der Waals surface area (Å²) in [6.45, 7) is 5.16. The molecular weight excluding hydrogens is 362 g/mol. The predicted molar refractivity (Wildman–Crippen MR) is 113 cm³/mol. The van der Waals surface area contributed by atoms with Crippen molar-refractivity contribution in [1.82, 2.24) is 9.78 Å². The maximum absolute atomic E-state index is 12.4. The summed E-state index contributed by atoms with van der Waals surface area (Å²) in [6, 6.07) is 19.6. The lowest BCUT2D eigenvalue weighted by Gasteiger charge is -2.14. The van der Waals surface area contributed by atoms with Crippen LogP contribution in [-0.4, -0.2) is 29.3 Å². The minimum absolute atomic E-state index is 0.0405. The SMILES string of the molecule is Cc1nn(-c2ccccc2)c(C)c1C[NH+](C)CC(=O)Nc1ccc(CC#N)cc1. The van der Waals surface area contributed by atoms with E-state index in [1.165, 1.54) is 5.56 Å². The number of aryl methyl sites for hydroxylation is 1. The van der Waals surface area contributed by atoms with Crippen molar-refractivity contribution in [2.75, 3.05) is 18.9 Å². The third kappa shape index (κ3) is 5.09. The van der Waals surface area contributed by atoms with Crippen LogP contribution in [-0.2, 0) is 17.8 Å². The lowest BCUT2D eigenvalue weighted by Crippen LogP contribution is -3.08. The zero-order valence-corrected chi connectivity index (χ0v) is 17.1. The second-order valence-corrected chi connectivity index (χ2v) is 7.29. The van der Waals surface area contributed by atoms with Crippen LogP contribution in [0.15, 0.2) is 54.6 Å². The highest BCUT2D eigenvalue weighted by molar-refractivity contribution is 5.91. The molecule has 0 fully saturated rings. The van der Waals surface area contributed by atoms with E-state index in [9.17, 15) is 4.79 Å². The fourth-order valence-electron chi connectivity index (χ4n) is 3.39. The molecule has 0 aliphatic carbocycles. The van der Waals surface area contributed by atoms with Crippen LogP contribution in [0.5, 0.6) is 0 Å². The van der Waals surface area contributed by atoms with Crippen molar-refractivity contribution < 1.29 is 9.69 Å². The number of para-hydroxylation sites is 1. The fraction of sp³-hybridized carbons (Fsp3) is 0.261. The molecule has 2 N–H and O–H groups in total. The van der Waals surface area contributed by atoms with E-state index in [1.807, 2.05) is 73.3 Å². The average molecular weight is 388 g/mol. The van der Waals surface area contributed by atoms with Crippen molar-refractivity contribution in [2.24, 2.45) is 0 Å². The Morgan fingerprint density at radius 3 is 2.48 bits per heavy atom. The minimum Gasteiger partial charge on any atom is -0.326 e. The molecule has 1 aromatic heterocycles. The summed E-state index contributed by atoms with van der Waals surface area (Å²) in [7, 11) is 2.01. The molecule has 2 aromatic carbocycles. The number of nitrogens with zero attached hydrogens (tertiary/aromatic N) is 3. The van der Waals surface area contributed by atoms with Gasteiger partial charge in [-0.1, -0.05) is 30.3 Å². The number of amides is 1. The number of carbonyl (C=O) groups is 1. The van der Waals surface area contributed by atoms with E-state index >= 15 is 0 Å². The van der Waals surface area contributed by atoms with Crippen LogP contribution >= 0.6 is 0 Å². The second-order valence-electron chi connectivity index (χ2n) is 7.29. The molecule has 1 atom stereocenters. The molecule has 148 valence electrons. The summed E-state index contributed by atoms with van der Waals surface area (Å²) in [5.74, 6) is -0.0405. The number of quaternary nitrogens is 1. The normalized spacial score (nSPS) is 11.7. The monoisotopic (exact) mass is 388 g/mol. The van der Waals surface area contributed by atoms with Crippen LogP contribution < -0.4 is 10.2 Å². The van der Waals surface area contributed by atoms with E-state index in [0.29, 0.717) is 13.0 Å². The first kappa shape index (κ1) is 20.3. The molecule has 29 heavy (non-hydrogen) atoms. The van der Waals surface area contributed by atoms with Gasteiger partial charge in [-0.2, -0.15) is 10.4 Å². The van der Waals surface area contributed by atoms with E-state index in [0.717, 1.165) is 39.8 Å². The van der Waals surface area contributed by atoms with Gasteiger partial charge in [-0.25, -0.2) is 4.68 Å². The van der Waals surface area contributed by atoms with Crippen LogP contribution in [0, 0.1) is 25.2 Å². The standard InChI is InChI=1S/C23H25N5O/c1-17-22(18(2)28(26-17)21-7-5-4-6-8-21)15-27(3)16-23(29)25-20-11-9-19(10-12-20)13-14-24/h4-12H,13,15-16H2,1-3H3,(H,25,29)/p+1. The first-order chi connectivity index (χ1) is 14.0. The van der Waals surface area contributed by atoms with Gasteiger partial charge in [0.2, 0.25) is 0 Å². The summed E-state index contributed by atoms with van der Waals surface area (Å²) in [5.41, 5.74) is 5.97. The molecule has 6 heteroatoms. The molecule has 6 nitrogen and oxygen atoms in total. The van der Waals surface area contributed by atoms with Crippen molar-refractivity contribution in [3.05, 3.63) is 77.1 Å². The molecule has 0 saturated heterocycles. The average Bonchev–Trinajstić information content (AvgIpc) is 2.98. The molecule has 0 bridgehead atoms. The number of likely N-dealkylation sites (N-methyl/N-ethyl adjacent to an activating group) is 1. The van der Waals surface area contributed by atoms with Gasteiger partial charge in [0.15, 0.2) is 6.54 Å². The van der Waals surface area contributed by atoms with E-state index in [2.05, 4.69) is 23.4 Å². The van der Waals surface area contributed by atoms with E-state index in [1.54, 1.807) is 0 Å². The van der Waals surface area contributed by atoms with Gasteiger partial charge in [0.1, 0.15) is 6.54 Å². The number of rotatable bonds is 7. The van der Waals surface area contributed by atoms with Crippen LogP contribution in [0.25, 0.3) is 5.69 Å². The molecule has 0 aliphatic heterocycles. The summed E-state index contributed by atoms with van der Waals surface area (Å²) >= 11 is 0. The highest BCUT2D eigenvalue weighted by atomic mass is 16.2. The highest BCUT2D eigenvalue weighted by Gasteiger charge is 2.18. The van der Waals surface area contributed by atoms with Gasteiger partial charge >= 0.3 is 0 Å². The summed E-state index contributed by atoms with van der Waals surface area (Å²) < 4.78 is 1.96. The third-order valence-electron chi connectivity index (χ3n) is 4.90. The van der Waals surface area contributed by atoms with Gasteiger partial charge in [-0.05, 0) is 43.7 Å². The number of nitrogens with one attached hydrogen (secondary N) is 2. The Labute approximate surface area is 171 Å². The highest BCUT2D eigenvalue weighted by Crippen LogP contribution is 2.17. The smallest absolute Gasteiger partial charge is 0.279 e. The Morgan fingerprint density at radius 1 is 1.14 bits per heavy atom. The van der Waals surface area contributed by atoms with Crippen molar-refractivity contribution in [1.29, 1.82) is 5.26 Å². The lowest BCUT2D eigenvalue weighted by molar-refractivity contribution is -0.885.